The van der Waals surface area contributed by atoms with Crippen LogP contribution in [-0.2, 0) is 24.0 Å². The predicted octanol–water partition coefficient (Wildman–Crippen LogP) is -0.657. The third-order valence-electron chi connectivity index (χ3n) is 5.25. The molecule has 6 N–H and O–H groups in total. The molecule has 3 atom stereocenters. The van der Waals surface area contributed by atoms with Crippen LogP contribution in [0, 0.1) is 5.92 Å². The Bertz CT molecular complexity index is 684. The third kappa shape index (κ3) is 9.21. The Morgan fingerprint density at radius 3 is 2.34 bits per heavy atom. The third-order valence-corrected chi connectivity index (χ3v) is 5.25. The smallest absolute Gasteiger partial charge is 0.326 e. The second kappa shape index (κ2) is 13.7. The lowest BCUT2D eigenvalue weighted by molar-refractivity contribution is -0.144. The van der Waals surface area contributed by atoms with Gasteiger partial charge in [-0.05, 0) is 51.0 Å². The van der Waals surface area contributed by atoms with Crippen LogP contribution in [-0.4, -0.2) is 77.4 Å². The fourth-order valence-electron chi connectivity index (χ4n) is 3.69. The van der Waals surface area contributed by atoms with Crippen LogP contribution in [0.3, 0.4) is 0 Å². The molecule has 1 rings (SSSR count). The highest BCUT2D eigenvalue weighted by atomic mass is 16.4. The van der Waals surface area contributed by atoms with Crippen molar-refractivity contribution in [2.75, 3.05) is 19.6 Å². The molecular weight excluding hydrogens is 418 g/mol. The summed E-state index contributed by atoms with van der Waals surface area (Å²) in [5, 5.41) is 17.0. The molecule has 11 heteroatoms. The molecule has 0 saturated carbocycles. The van der Waals surface area contributed by atoms with E-state index in [1.807, 2.05) is 13.8 Å². The molecule has 4 amide bonds. The van der Waals surface area contributed by atoms with Gasteiger partial charge in [-0.25, -0.2) is 4.79 Å². The summed E-state index contributed by atoms with van der Waals surface area (Å²) < 4.78 is 0. The van der Waals surface area contributed by atoms with Crippen molar-refractivity contribution in [3.63, 3.8) is 0 Å². The Hall–Kier alpha value is -2.69. The number of rotatable bonds is 13. The molecule has 0 aromatic rings. The Morgan fingerprint density at radius 2 is 1.78 bits per heavy atom. The monoisotopic (exact) mass is 455 g/mol. The lowest BCUT2D eigenvalue weighted by Crippen LogP contribution is -2.53. The van der Waals surface area contributed by atoms with Crippen molar-refractivity contribution < 1.29 is 29.1 Å². The van der Waals surface area contributed by atoms with Gasteiger partial charge in [-0.3, -0.25) is 19.2 Å². The zero-order valence-electron chi connectivity index (χ0n) is 19.2. The molecule has 0 bridgehead atoms. The first kappa shape index (κ1) is 27.3. The van der Waals surface area contributed by atoms with Crippen molar-refractivity contribution in [1.82, 2.24) is 20.9 Å². The molecule has 11 nitrogen and oxygen atoms in total. The van der Waals surface area contributed by atoms with Gasteiger partial charge in [-0.2, -0.15) is 0 Å². The van der Waals surface area contributed by atoms with Crippen molar-refractivity contribution in [3.05, 3.63) is 0 Å². The molecule has 0 aromatic carbocycles. The molecule has 182 valence electrons. The highest BCUT2D eigenvalue weighted by molar-refractivity contribution is 5.93. The average Bonchev–Trinajstić information content (AvgIpc) is 3.19. The number of hydrogen-bond donors (Lipinski definition) is 5. The quantitative estimate of drug-likeness (QED) is 0.229. The number of aliphatic carboxylic acids is 1. The van der Waals surface area contributed by atoms with Crippen LogP contribution in [0.4, 0.5) is 0 Å². The summed E-state index contributed by atoms with van der Waals surface area (Å²) in [6.07, 6.45) is 2.93. The van der Waals surface area contributed by atoms with Gasteiger partial charge in [0.15, 0.2) is 0 Å². The first-order valence-electron chi connectivity index (χ1n) is 11.1. The van der Waals surface area contributed by atoms with Crippen molar-refractivity contribution in [2.24, 2.45) is 11.7 Å². The summed E-state index contributed by atoms with van der Waals surface area (Å²) in [7, 11) is 0. The Kier molecular flexibility index (Phi) is 11.7. The minimum Gasteiger partial charge on any atom is -0.480 e. The zero-order valence-corrected chi connectivity index (χ0v) is 19.2. The molecule has 1 aliphatic rings. The second-order valence-corrected chi connectivity index (χ2v) is 8.53. The Labute approximate surface area is 188 Å². The lowest BCUT2D eigenvalue weighted by atomic mass is 10.0. The number of amides is 4. The van der Waals surface area contributed by atoms with E-state index in [-0.39, 0.29) is 24.8 Å². The van der Waals surface area contributed by atoms with E-state index in [1.165, 1.54) is 11.8 Å². The highest BCUT2D eigenvalue weighted by Crippen LogP contribution is 2.18. The lowest BCUT2D eigenvalue weighted by Gasteiger charge is -2.26. The minimum atomic E-state index is -1.13. The van der Waals surface area contributed by atoms with Crippen molar-refractivity contribution >= 4 is 29.6 Å². The summed E-state index contributed by atoms with van der Waals surface area (Å²) in [5.74, 6) is -2.73. The number of carbonyl (C=O) groups excluding carboxylic acids is 4. The summed E-state index contributed by atoms with van der Waals surface area (Å²) in [4.78, 5) is 62.0. The predicted molar refractivity (Wildman–Crippen MR) is 117 cm³/mol. The highest BCUT2D eigenvalue weighted by Gasteiger charge is 2.36. The fraction of sp³-hybridized carbons (Fsp3) is 0.762. The van der Waals surface area contributed by atoms with Crippen LogP contribution in [0.1, 0.15) is 59.3 Å². The van der Waals surface area contributed by atoms with Crippen molar-refractivity contribution in [1.29, 1.82) is 0 Å². The van der Waals surface area contributed by atoms with Crippen LogP contribution >= 0.6 is 0 Å². The number of nitrogens with two attached hydrogens (primary N) is 1. The summed E-state index contributed by atoms with van der Waals surface area (Å²) in [6.45, 7) is 5.63. The van der Waals surface area contributed by atoms with Crippen molar-refractivity contribution in [3.8, 4) is 0 Å². The number of carboxylic acids is 1. The second-order valence-electron chi connectivity index (χ2n) is 8.53. The van der Waals surface area contributed by atoms with E-state index in [4.69, 9.17) is 5.73 Å². The van der Waals surface area contributed by atoms with E-state index in [0.29, 0.717) is 45.2 Å². The summed E-state index contributed by atoms with van der Waals surface area (Å²) in [5.41, 5.74) is 5.43. The molecule has 0 aromatic heterocycles. The normalized spacial score (nSPS) is 17.5. The maximum absolute atomic E-state index is 12.7. The molecule has 1 heterocycles. The molecule has 1 aliphatic heterocycles. The van der Waals surface area contributed by atoms with Gasteiger partial charge in [-0.15, -0.1) is 0 Å². The van der Waals surface area contributed by atoms with Crippen molar-refractivity contribution in [2.45, 2.75) is 77.4 Å². The van der Waals surface area contributed by atoms with Gasteiger partial charge in [-0.1, -0.05) is 13.8 Å². The molecular formula is C21H37N5O6. The minimum absolute atomic E-state index is 0.159. The van der Waals surface area contributed by atoms with Crippen LogP contribution in [0.2, 0.25) is 0 Å². The van der Waals surface area contributed by atoms with Crippen LogP contribution < -0.4 is 21.7 Å². The van der Waals surface area contributed by atoms with Gasteiger partial charge in [0.25, 0.3) is 0 Å². The molecule has 0 aliphatic carbocycles. The maximum Gasteiger partial charge on any atom is 0.326 e. The number of nitrogens with zero attached hydrogens (tertiary/aromatic N) is 1. The topological polar surface area (TPSA) is 171 Å². The average molecular weight is 456 g/mol. The number of hydrogen-bond acceptors (Lipinski definition) is 6. The SMILES string of the molecule is CC(=O)N[C@@H](CC(C)C)C(=O)NCC(=O)N1CCC[C@H]1C(=O)N[C@@H](CCCCN)C(=O)O. The Balaban J connectivity index is 2.67. The number of unbranched alkanes of at least 4 members (excludes halogenated alkanes) is 1. The van der Waals surface area contributed by atoms with Gasteiger partial charge in [0.05, 0.1) is 6.54 Å². The van der Waals surface area contributed by atoms with Crippen LogP contribution in [0.5, 0.6) is 0 Å². The Morgan fingerprint density at radius 1 is 1.09 bits per heavy atom. The van der Waals surface area contributed by atoms with E-state index in [1.54, 1.807) is 0 Å². The van der Waals surface area contributed by atoms with Gasteiger partial charge in [0, 0.05) is 13.5 Å². The largest absolute Gasteiger partial charge is 0.480 e. The van der Waals surface area contributed by atoms with Crippen LogP contribution in [0.15, 0.2) is 0 Å². The molecule has 1 fully saturated rings. The van der Waals surface area contributed by atoms with E-state index in [0.717, 1.165) is 0 Å². The van der Waals surface area contributed by atoms with Crippen LogP contribution in [0.25, 0.3) is 0 Å². The first-order chi connectivity index (χ1) is 15.1. The van der Waals surface area contributed by atoms with E-state index < -0.39 is 41.8 Å². The molecule has 32 heavy (non-hydrogen) atoms. The number of carboxylic acid groups (broad SMARTS) is 1. The number of likely N-dealkylation sites (tertiary alicyclic amines) is 1. The van der Waals surface area contributed by atoms with Gasteiger partial charge >= 0.3 is 5.97 Å². The number of carbonyl (C=O) groups is 5. The zero-order chi connectivity index (χ0) is 24.3. The van der Waals surface area contributed by atoms with E-state index >= 15 is 0 Å². The van der Waals surface area contributed by atoms with Gasteiger partial charge in [0.1, 0.15) is 18.1 Å². The standard InChI is InChI=1S/C21H37N5O6/c1-13(2)11-16(24-14(3)27)19(29)23-12-18(28)26-10-6-8-17(26)20(30)25-15(21(31)32)7-4-5-9-22/h13,15-17H,4-12,22H2,1-3H3,(H,23,29)(H,24,27)(H,25,30)(H,31,32)/t15-,16-,17-/m0/s1. The molecule has 0 spiro atoms. The van der Waals surface area contributed by atoms with Gasteiger partial charge < -0.3 is 31.7 Å². The molecule has 0 unspecified atom stereocenters. The number of nitrogens with one attached hydrogen (secondary N) is 3. The molecule has 1 saturated heterocycles. The maximum atomic E-state index is 12.7. The molecule has 0 radical (unpaired) electrons. The first-order valence-corrected chi connectivity index (χ1v) is 11.1. The van der Waals surface area contributed by atoms with E-state index in [9.17, 15) is 29.1 Å². The summed E-state index contributed by atoms with van der Waals surface area (Å²) in [6, 6.07) is -2.57. The van der Waals surface area contributed by atoms with Gasteiger partial charge in [0.2, 0.25) is 23.6 Å². The summed E-state index contributed by atoms with van der Waals surface area (Å²) >= 11 is 0. The fourth-order valence-corrected chi connectivity index (χ4v) is 3.69. The van der Waals surface area contributed by atoms with E-state index in [2.05, 4.69) is 16.0 Å².